The van der Waals surface area contributed by atoms with Crippen molar-refractivity contribution in [3.63, 3.8) is 0 Å². The van der Waals surface area contributed by atoms with Gasteiger partial charge >= 0.3 is 6.03 Å². The molecular weight excluding hydrogens is 594 g/mol. The van der Waals surface area contributed by atoms with Gasteiger partial charge in [0.1, 0.15) is 24.2 Å². The number of carbonyl (C=O) groups is 2. The zero-order chi connectivity index (χ0) is 28.4. The van der Waals surface area contributed by atoms with Crippen LogP contribution in [0.1, 0.15) is 48.2 Å². The van der Waals surface area contributed by atoms with E-state index in [9.17, 15) is 14.9 Å². The summed E-state index contributed by atoms with van der Waals surface area (Å²) in [7, 11) is 0. The molecule has 2 heterocycles. The van der Waals surface area contributed by atoms with Gasteiger partial charge in [-0.3, -0.25) is 14.7 Å². The lowest BCUT2D eigenvalue weighted by Crippen LogP contribution is -2.55. The number of hydrogen-bond acceptors (Lipinski definition) is 5. The van der Waals surface area contributed by atoms with Crippen LogP contribution in [-0.2, 0) is 4.79 Å². The van der Waals surface area contributed by atoms with E-state index in [0.29, 0.717) is 40.8 Å². The molecule has 2 aliphatic heterocycles. The van der Waals surface area contributed by atoms with Gasteiger partial charge in [0.05, 0.1) is 29.3 Å². The van der Waals surface area contributed by atoms with Crippen LogP contribution in [0.2, 0.25) is 5.02 Å². The molecule has 204 valence electrons. The Hall–Kier alpha value is -3.87. The molecule has 3 aromatic carbocycles. The summed E-state index contributed by atoms with van der Waals surface area (Å²) in [6, 6.07) is 21.0. The van der Waals surface area contributed by atoms with Gasteiger partial charge < -0.3 is 15.0 Å². The second-order valence-electron chi connectivity index (χ2n) is 9.83. The van der Waals surface area contributed by atoms with Gasteiger partial charge in [0.15, 0.2) is 0 Å². The highest BCUT2D eigenvalue weighted by Gasteiger charge is 2.45. The van der Waals surface area contributed by atoms with Gasteiger partial charge in [-0.05, 0) is 61.4 Å². The van der Waals surface area contributed by atoms with Gasteiger partial charge in [0, 0.05) is 22.6 Å². The molecule has 0 spiro atoms. The van der Waals surface area contributed by atoms with E-state index in [1.807, 2.05) is 50.2 Å². The van der Waals surface area contributed by atoms with Crippen molar-refractivity contribution < 1.29 is 14.3 Å². The van der Waals surface area contributed by atoms with Crippen molar-refractivity contribution in [2.24, 2.45) is 4.99 Å². The Kier molecular flexibility index (Phi) is 8.10. The number of nitriles is 1. The summed E-state index contributed by atoms with van der Waals surface area (Å²) in [5, 5.41) is 12.9. The summed E-state index contributed by atoms with van der Waals surface area (Å²) in [5.41, 5.74) is 2.74. The monoisotopic (exact) mass is 619 g/mol. The summed E-state index contributed by atoms with van der Waals surface area (Å²) in [4.78, 5) is 35.0. The average molecular weight is 621 g/mol. The number of hydrogen-bond donors (Lipinski definition) is 1. The first kappa shape index (κ1) is 27.7. The SMILES string of the molecule is CC(C)Oc1cc(C#N)ccc1C1=N[C@@H](c2ccccc2Br)[C@@H](c2ccc(Cl)cc2)N1C(=O)N1CCNC(=O)C1. The molecule has 1 saturated heterocycles. The molecule has 10 heteroatoms. The Morgan fingerprint density at radius 2 is 1.93 bits per heavy atom. The normalized spacial score (nSPS) is 18.8. The number of urea groups is 1. The predicted octanol–water partition coefficient (Wildman–Crippen LogP) is 5.86. The van der Waals surface area contributed by atoms with Crippen LogP contribution in [0.25, 0.3) is 0 Å². The number of amides is 3. The van der Waals surface area contributed by atoms with Crippen LogP contribution in [0.4, 0.5) is 4.79 Å². The molecule has 2 aliphatic rings. The quantitative estimate of drug-likeness (QED) is 0.387. The standard InChI is InChI=1S/C30H27BrClN5O3/c1-18(2)40-25-15-19(16-33)7-12-23(25)29-35-27(22-5-3-4-6-24(22)31)28(20-8-10-21(32)11-9-20)37(29)30(39)36-14-13-34-26(38)17-36/h3-12,15,18,27-28H,13-14,17H2,1-2H3,(H,34,38)/t27-,28+/m0/s1. The van der Waals surface area contributed by atoms with Crippen LogP contribution in [0.15, 0.2) is 76.2 Å². The molecule has 0 unspecified atom stereocenters. The fraction of sp³-hybridized carbons (Fsp3) is 0.267. The van der Waals surface area contributed by atoms with Crippen LogP contribution in [0.5, 0.6) is 5.75 Å². The van der Waals surface area contributed by atoms with Crippen molar-refractivity contribution in [1.29, 1.82) is 5.26 Å². The minimum Gasteiger partial charge on any atom is -0.490 e. The van der Waals surface area contributed by atoms with Gasteiger partial charge in [0.25, 0.3) is 0 Å². The van der Waals surface area contributed by atoms with Gasteiger partial charge in [-0.25, -0.2) is 4.79 Å². The summed E-state index contributed by atoms with van der Waals surface area (Å²) >= 11 is 9.93. The van der Waals surface area contributed by atoms with Gasteiger partial charge in [0.2, 0.25) is 5.91 Å². The zero-order valence-electron chi connectivity index (χ0n) is 22.0. The summed E-state index contributed by atoms with van der Waals surface area (Å²) in [6.07, 6.45) is -0.184. The molecule has 2 atom stereocenters. The van der Waals surface area contributed by atoms with E-state index in [1.54, 1.807) is 35.2 Å². The molecule has 1 fully saturated rings. The molecule has 3 amide bonds. The molecule has 3 aromatic rings. The number of carbonyl (C=O) groups excluding carboxylic acids is 2. The number of aliphatic imine (C=N–C) groups is 1. The zero-order valence-corrected chi connectivity index (χ0v) is 24.3. The number of ether oxygens (including phenoxy) is 1. The van der Waals surface area contributed by atoms with E-state index in [1.165, 1.54) is 4.90 Å². The molecule has 40 heavy (non-hydrogen) atoms. The molecule has 0 aromatic heterocycles. The Morgan fingerprint density at radius 1 is 1.18 bits per heavy atom. The first-order valence-corrected chi connectivity index (χ1v) is 14.1. The minimum atomic E-state index is -0.550. The molecule has 0 bridgehead atoms. The van der Waals surface area contributed by atoms with Crippen molar-refractivity contribution in [2.45, 2.75) is 32.0 Å². The molecule has 0 saturated carbocycles. The predicted molar refractivity (Wildman–Crippen MR) is 156 cm³/mol. The number of nitrogens with zero attached hydrogens (tertiary/aromatic N) is 4. The first-order chi connectivity index (χ1) is 19.3. The number of amidine groups is 1. The summed E-state index contributed by atoms with van der Waals surface area (Å²) < 4.78 is 6.99. The molecule has 0 radical (unpaired) electrons. The number of piperazine rings is 1. The molecular formula is C30H27BrClN5O3. The number of benzene rings is 3. The Bertz CT molecular complexity index is 1520. The second kappa shape index (κ2) is 11.7. The van der Waals surface area contributed by atoms with E-state index in [2.05, 4.69) is 27.3 Å². The maximum atomic E-state index is 14.4. The van der Waals surface area contributed by atoms with Crippen molar-refractivity contribution in [3.05, 3.63) is 98.5 Å². The highest BCUT2D eigenvalue weighted by atomic mass is 79.9. The molecule has 1 N–H and O–H groups in total. The summed E-state index contributed by atoms with van der Waals surface area (Å²) in [6.45, 7) is 4.47. The third kappa shape index (κ3) is 5.55. The number of nitrogens with one attached hydrogen (secondary N) is 1. The van der Waals surface area contributed by atoms with E-state index in [4.69, 9.17) is 21.3 Å². The fourth-order valence-corrected chi connectivity index (χ4v) is 5.62. The Morgan fingerprint density at radius 3 is 2.60 bits per heavy atom. The topological polar surface area (TPSA) is 98.0 Å². The minimum absolute atomic E-state index is 0.0572. The maximum absolute atomic E-state index is 14.4. The first-order valence-electron chi connectivity index (χ1n) is 12.9. The Labute approximate surface area is 246 Å². The Balaban J connectivity index is 1.73. The molecule has 5 rings (SSSR count). The van der Waals surface area contributed by atoms with Crippen LogP contribution < -0.4 is 10.1 Å². The van der Waals surface area contributed by atoms with E-state index >= 15 is 0 Å². The summed E-state index contributed by atoms with van der Waals surface area (Å²) in [5.74, 6) is 0.631. The van der Waals surface area contributed by atoms with Gasteiger partial charge in [-0.1, -0.05) is 57.9 Å². The van der Waals surface area contributed by atoms with Crippen molar-refractivity contribution in [3.8, 4) is 11.8 Å². The van der Waals surface area contributed by atoms with Gasteiger partial charge in [-0.15, -0.1) is 0 Å². The maximum Gasteiger partial charge on any atom is 0.326 e. The molecule has 8 nitrogen and oxygen atoms in total. The number of rotatable bonds is 5. The average Bonchev–Trinajstić information content (AvgIpc) is 3.33. The van der Waals surface area contributed by atoms with Gasteiger partial charge in [-0.2, -0.15) is 5.26 Å². The van der Waals surface area contributed by atoms with Crippen LogP contribution in [-0.4, -0.2) is 53.3 Å². The van der Waals surface area contributed by atoms with Crippen molar-refractivity contribution in [1.82, 2.24) is 15.1 Å². The van der Waals surface area contributed by atoms with Crippen molar-refractivity contribution in [2.75, 3.05) is 19.6 Å². The third-order valence-electron chi connectivity index (χ3n) is 6.73. The third-order valence-corrected chi connectivity index (χ3v) is 7.71. The highest BCUT2D eigenvalue weighted by Crippen LogP contribution is 2.47. The van der Waals surface area contributed by atoms with E-state index < -0.39 is 12.1 Å². The number of halogens is 2. The largest absolute Gasteiger partial charge is 0.490 e. The fourth-order valence-electron chi connectivity index (χ4n) is 4.97. The lowest BCUT2D eigenvalue weighted by molar-refractivity contribution is -0.123. The lowest BCUT2D eigenvalue weighted by Gasteiger charge is -2.36. The van der Waals surface area contributed by atoms with Crippen LogP contribution >= 0.6 is 27.5 Å². The van der Waals surface area contributed by atoms with Crippen molar-refractivity contribution >= 4 is 45.3 Å². The lowest BCUT2D eigenvalue weighted by atomic mass is 9.93. The highest BCUT2D eigenvalue weighted by molar-refractivity contribution is 9.10. The van der Waals surface area contributed by atoms with E-state index in [-0.39, 0.29) is 24.6 Å². The second-order valence-corrected chi connectivity index (χ2v) is 11.1. The van der Waals surface area contributed by atoms with E-state index in [0.717, 1.165) is 15.6 Å². The molecule has 0 aliphatic carbocycles. The van der Waals surface area contributed by atoms with Crippen LogP contribution in [0, 0.1) is 11.3 Å². The smallest absolute Gasteiger partial charge is 0.326 e. The van der Waals surface area contributed by atoms with Crippen LogP contribution in [0.3, 0.4) is 0 Å².